The number of aromatic nitrogens is 2. The Kier molecular flexibility index (Phi) is 3.19. The van der Waals surface area contributed by atoms with Crippen molar-refractivity contribution < 1.29 is 0 Å². The van der Waals surface area contributed by atoms with Gasteiger partial charge in [0.05, 0.1) is 0 Å². The third-order valence-corrected chi connectivity index (χ3v) is 3.52. The van der Waals surface area contributed by atoms with Gasteiger partial charge < -0.3 is 5.32 Å². The zero-order chi connectivity index (χ0) is 11.8. The van der Waals surface area contributed by atoms with Gasteiger partial charge in [-0.2, -0.15) is 0 Å². The first-order chi connectivity index (χ1) is 7.48. The lowest BCUT2D eigenvalue weighted by atomic mass is 9.78. The number of hydrogen-bond acceptors (Lipinski definition) is 3. The van der Waals surface area contributed by atoms with E-state index in [2.05, 4.69) is 52.0 Å². The van der Waals surface area contributed by atoms with Crippen molar-refractivity contribution in [3.63, 3.8) is 0 Å². The average molecular weight is 284 g/mol. The van der Waals surface area contributed by atoms with Crippen LogP contribution < -0.4 is 5.32 Å². The van der Waals surface area contributed by atoms with Crippen LogP contribution in [0, 0.1) is 0 Å². The molecular formula is C12H18BrN3. The summed E-state index contributed by atoms with van der Waals surface area (Å²) in [5.41, 5.74) is 0.238. The fourth-order valence-electron chi connectivity index (χ4n) is 1.90. The van der Waals surface area contributed by atoms with Crippen LogP contribution in [0.25, 0.3) is 0 Å². The second-order valence-electron chi connectivity index (χ2n) is 5.13. The first kappa shape index (κ1) is 11.8. The highest BCUT2D eigenvalue weighted by Crippen LogP contribution is 2.34. The van der Waals surface area contributed by atoms with Gasteiger partial charge in [-0.25, -0.2) is 9.97 Å². The van der Waals surface area contributed by atoms with Crippen LogP contribution in [0.15, 0.2) is 10.7 Å². The van der Waals surface area contributed by atoms with Gasteiger partial charge in [0.15, 0.2) is 0 Å². The Balaban J connectivity index is 2.20. The van der Waals surface area contributed by atoms with E-state index in [1.54, 1.807) is 0 Å². The van der Waals surface area contributed by atoms with E-state index in [1.165, 1.54) is 19.3 Å². The Morgan fingerprint density at radius 1 is 1.38 bits per heavy atom. The van der Waals surface area contributed by atoms with Crippen LogP contribution >= 0.6 is 15.9 Å². The summed E-state index contributed by atoms with van der Waals surface area (Å²) in [6.45, 7) is 6.47. The highest BCUT2D eigenvalue weighted by atomic mass is 79.9. The van der Waals surface area contributed by atoms with E-state index in [4.69, 9.17) is 0 Å². The zero-order valence-corrected chi connectivity index (χ0v) is 11.6. The van der Waals surface area contributed by atoms with Crippen LogP contribution in [0.5, 0.6) is 0 Å². The Hall–Kier alpha value is -0.640. The number of rotatable bonds is 3. The van der Waals surface area contributed by atoms with E-state index < -0.39 is 0 Å². The van der Waals surface area contributed by atoms with E-state index in [9.17, 15) is 0 Å². The smallest absolute Gasteiger partial charge is 0.134 e. The second-order valence-corrected chi connectivity index (χ2v) is 5.94. The summed E-state index contributed by atoms with van der Waals surface area (Å²) in [5.74, 6) is 2.18. The predicted octanol–water partition coefficient (Wildman–Crippen LogP) is 3.72. The molecule has 0 aromatic carbocycles. The van der Waals surface area contributed by atoms with Crippen molar-refractivity contribution in [2.24, 2.45) is 0 Å². The molecule has 0 amide bonds. The van der Waals surface area contributed by atoms with Crippen molar-refractivity contribution in [3.05, 3.63) is 16.5 Å². The van der Waals surface area contributed by atoms with Gasteiger partial charge in [0.1, 0.15) is 16.2 Å². The molecular weight excluding hydrogens is 266 g/mol. The molecule has 1 heterocycles. The van der Waals surface area contributed by atoms with Crippen LogP contribution in [0.3, 0.4) is 0 Å². The van der Waals surface area contributed by atoms with Crippen LogP contribution in [0.4, 0.5) is 5.82 Å². The van der Waals surface area contributed by atoms with Gasteiger partial charge in [0.2, 0.25) is 0 Å². The Morgan fingerprint density at radius 3 is 2.56 bits per heavy atom. The molecule has 0 aliphatic heterocycles. The molecule has 0 radical (unpaired) electrons. The van der Waals surface area contributed by atoms with Gasteiger partial charge in [0, 0.05) is 17.5 Å². The minimum Gasteiger partial charge on any atom is -0.365 e. The molecule has 0 unspecified atom stereocenters. The van der Waals surface area contributed by atoms with Gasteiger partial charge >= 0.3 is 0 Å². The van der Waals surface area contributed by atoms with Gasteiger partial charge in [-0.05, 0) is 42.1 Å². The molecule has 1 aromatic heterocycles. The number of halogens is 1. The normalized spacial score (nSPS) is 18.3. The van der Waals surface area contributed by atoms with E-state index >= 15 is 0 Å². The summed E-state index contributed by atoms with van der Waals surface area (Å²) in [4.78, 5) is 8.92. The van der Waals surface area contributed by atoms with Crippen molar-refractivity contribution in [1.29, 1.82) is 0 Å². The molecule has 1 aliphatic rings. The lowest BCUT2D eigenvalue weighted by molar-refractivity contribution is 0.305. The van der Waals surface area contributed by atoms with E-state index in [0.29, 0.717) is 5.92 Å². The van der Waals surface area contributed by atoms with Gasteiger partial charge in [0.25, 0.3) is 0 Å². The maximum absolute atomic E-state index is 4.55. The van der Waals surface area contributed by atoms with Crippen LogP contribution in [0.1, 0.15) is 51.8 Å². The van der Waals surface area contributed by atoms with Crippen molar-refractivity contribution in [2.75, 3.05) is 5.32 Å². The molecule has 1 aromatic rings. The SMILES string of the molecule is CC(C)c1nc(Br)cc(NC2(C)CCC2)n1. The third-order valence-electron chi connectivity index (χ3n) is 3.12. The molecule has 0 saturated heterocycles. The lowest BCUT2D eigenvalue weighted by Gasteiger charge is -2.39. The fraction of sp³-hybridized carbons (Fsp3) is 0.667. The predicted molar refractivity (Wildman–Crippen MR) is 69.7 cm³/mol. The first-order valence-corrected chi connectivity index (χ1v) is 6.60. The molecule has 1 aliphatic carbocycles. The van der Waals surface area contributed by atoms with E-state index in [-0.39, 0.29) is 5.54 Å². The van der Waals surface area contributed by atoms with Gasteiger partial charge in [-0.1, -0.05) is 13.8 Å². The van der Waals surface area contributed by atoms with E-state index in [1.807, 2.05) is 6.07 Å². The summed E-state index contributed by atoms with van der Waals surface area (Å²) in [7, 11) is 0. The van der Waals surface area contributed by atoms with Gasteiger partial charge in [-0.15, -0.1) is 0 Å². The maximum atomic E-state index is 4.55. The first-order valence-electron chi connectivity index (χ1n) is 5.81. The number of nitrogens with one attached hydrogen (secondary N) is 1. The molecule has 0 bridgehead atoms. The summed E-state index contributed by atoms with van der Waals surface area (Å²) < 4.78 is 0.858. The summed E-state index contributed by atoms with van der Waals surface area (Å²) in [6.07, 6.45) is 3.77. The molecule has 88 valence electrons. The minimum atomic E-state index is 0.238. The number of hydrogen-bond donors (Lipinski definition) is 1. The van der Waals surface area contributed by atoms with Crippen molar-refractivity contribution in [2.45, 2.75) is 51.5 Å². The summed E-state index contributed by atoms with van der Waals surface area (Å²) >= 11 is 3.44. The summed E-state index contributed by atoms with van der Waals surface area (Å²) in [5, 5.41) is 3.51. The molecule has 1 saturated carbocycles. The molecule has 2 rings (SSSR count). The third kappa shape index (κ3) is 2.54. The molecule has 0 spiro atoms. The maximum Gasteiger partial charge on any atom is 0.134 e. The highest BCUT2D eigenvalue weighted by Gasteiger charge is 2.31. The van der Waals surface area contributed by atoms with Crippen molar-refractivity contribution in [1.82, 2.24) is 9.97 Å². The van der Waals surface area contributed by atoms with Gasteiger partial charge in [-0.3, -0.25) is 0 Å². The molecule has 0 atom stereocenters. The topological polar surface area (TPSA) is 37.8 Å². The number of nitrogens with zero attached hydrogens (tertiary/aromatic N) is 2. The average Bonchev–Trinajstić information content (AvgIpc) is 2.14. The molecule has 1 N–H and O–H groups in total. The Morgan fingerprint density at radius 2 is 2.06 bits per heavy atom. The zero-order valence-electron chi connectivity index (χ0n) is 10.0. The molecule has 3 nitrogen and oxygen atoms in total. The standard InChI is InChI=1S/C12H18BrN3/c1-8(2)11-14-9(13)7-10(15-11)16-12(3)5-4-6-12/h7-8H,4-6H2,1-3H3,(H,14,15,16). The fourth-order valence-corrected chi connectivity index (χ4v) is 2.30. The van der Waals surface area contributed by atoms with E-state index in [0.717, 1.165) is 16.2 Å². The monoisotopic (exact) mass is 283 g/mol. The minimum absolute atomic E-state index is 0.238. The van der Waals surface area contributed by atoms with Crippen LogP contribution in [-0.4, -0.2) is 15.5 Å². The highest BCUT2D eigenvalue weighted by molar-refractivity contribution is 9.10. The largest absolute Gasteiger partial charge is 0.365 e. The summed E-state index contributed by atoms with van der Waals surface area (Å²) in [6, 6.07) is 1.95. The van der Waals surface area contributed by atoms with Crippen molar-refractivity contribution >= 4 is 21.7 Å². The quantitative estimate of drug-likeness (QED) is 0.860. The van der Waals surface area contributed by atoms with Crippen molar-refractivity contribution in [3.8, 4) is 0 Å². The lowest BCUT2D eigenvalue weighted by Crippen LogP contribution is -2.42. The Labute approximate surface area is 105 Å². The van der Waals surface area contributed by atoms with Crippen LogP contribution in [-0.2, 0) is 0 Å². The number of anilines is 1. The Bertz CT molecular complexity index is 386. The van der Waals surface area contributed by atoms with Crippen LogP contribution in [0.2, 0.25) is 0 Å². The molecule has 4 heteroatoms. The second kappa shape index (κ2) is 4.32. The molecule has 1 fully saturated rings. The molecule has 16 heavy (non-hydrogen) atoms.